The van der Waals surface area contributed by atoms with Crippen LogP contribution in [0.5, 0.6) is 0 Å². The smallest absolute Gasteiger partial charge is 0.407 e. The Morgan fingerprint density at radius 2 is 1.70 bits per heavy atom. The largest absolute Gasteiger partial charge is 0.481 e. The van der Waals surface area contributed by atoms with Crippen LogP contribution in [0.1, 0.15) is 33.9 Å². The summed E-state index contributed by atoms with van der Waals surface area (Å²) in [7, 11) is 0. The molecule has 0 aliphatic heterocycles. The molecule has 1 aliphatic carbocycles. The Labute approximate surface area is 195 Å². The van der Waals surface area contributed by atoms with Crippen LogP contribution in [-0.4, -0.2) is 35.7 Å². The highest BCUT2D eigenvalue weighted by atomic mass is 32.1. The lowest BCUT2D eigenvalue weighted by molar-refractivity contribution is -0.139. The van der Waals surface area contributed by atoms with E-state index in [4.69, 9.17) is 4.74 Å². The van der Waals surface area contributed by atoms with Crippen LogP contribution in [0.25, 0.3) is 11.1 Å². The highest BCUT2D eigenvalue weighted by molar-refractivity contribution is 7.10. The van der Waals surface area contributed by atoms with Crippen molar-refractivity contribution in [1.29, 1.82) is 0 Å². The molecule has 0 saturated carbocycles. The Morgan fingerprint density at radius 3 is 2.27 bits per heavy atom. The molecule has 33 heavy (non-hydrogen) atoms. The minimum absolute atomic E-state index is 0.0791. The normalized spacial score (nSPS) is 13.0. The number of nitrogens with one attached hydrogen (secondary N) is 2. The Kier molecular flexibility index (Phi) is 6.74. The van der Waals surface area contributed by atoms with Gasteiger partial charge >= 0.3 is 12.1 Å². The lowest BCUT2D eigenvalue weighted by Crippen LogP contribution is -2.47. The third-order valence-electron chi connectivity index (χ3n) is 5.55. The molecule has 3 N–H and O–H groups in total. The van der Waals surface area contributed by atoms with Crippen LogP contribution >= 0.6 is 11.3 Å². The first kappa shape index (κ1) is 22.5. The Bertz CT molecular complexity index is 1140. The molecule has 0 bridgehead atoms. The van der Waals surface area contributed by atoms with Gasteiger partial charge in [0.2, 0.25) is 5.91 Å². The lowest BCUT2D eigenvalue weighted by atomic mass is 9.98. The van der Waals surface area contributed by atoms with Gasteiger partial charge in [-0.3, -0.25) is 9.59 Å². The summed E-state index contributed by atoms with van der Waals surface area (Å²) in [6.45, 7) is 2.29. The second-order valence-corrected chi connectivity index (χ2v) is 8.92. The van der Waals surface area contributed by atoms with Crippen molar-refractivity contribution in [3.8, 4) is 11.1 Å². The first-order valence-electron chi connectivity index (χ1n) is 10.6. The minimum atomic E-state index is -1.24. The molecule has 1 atom stereocenters. The van der Waals surface area contributed by atoms with E-state index >= 15 is 0 Å². The van der Waals surface area contributed by atoms with Gasteiger partial charge in [0.25, 0.3) is 0 Å². The number of alkyl carbamates (subject to hydrolysis) is 1. The van der Waals surface area contributed by atoms with Gasteiger partial charge < -0.3 is 20.5 Å². The average Bonchev–Trinajstić information content (AvgIpc) is 3.36. The second kappa shape index (κ2) is 9.87. The van der Waals surface area contributed by atoms with Crippen LogP contribution in [-0.2, 0) is 20.9 Å². The molecule has 1 aliphatic rings. The van der Waals surface area contributed by atoms with Gasteiger partial charge in [0.15, 0.2) is 0 Å². The zero-order valence-electron chi connectivity index (χ0n) is 18.0. The number of thiophene rings is 1. The maximum absolute atomic E-state index is 12.5. The number of carboxylic acid groups (broad SMARTS) is 1. The monoisotopic (exact) mass is 464 g/mol. The number of hydrogen-bond acceptors (Lipinski definition) is 5. The molecule has 2 amide bonds. The van der Waals surface area contributed by atoms with Crippen molar-refractivity contribution in [2.24, 2.45) is 0 Å². The summed E-state index contributed by atoms with van der Waals surface area (Å²) in [6, 6.07) is 16.6. The molecule has 0 spiro atoms. The number of fused-ring (bicyclic) bond motifs is 3. The Hall–Kier alpha value is -3.65. The number of aryl methyl sites for hydroxylation is 1. The molecule has 0 saturated heterocycles. The van der Waals surface area contributed by atoms with Crippen molar-refractivity contribution < 1.29 is 24.2 Å². The number of hydrogen-bond donors (Lipinski definition) is 3. The van der Waals surface area contributed by atoms with Crippen molar-refractivity contribution in [2.75, 3.05) is 6.61 Å². The third-order valence-corrected chi connectivity index (χ3v) is 6.61. The van der Waals surface area contributed by atoms with Crippen molar-refractivity contribution >= 4 is 29.3 Å². The fourth-order valence-electron chi connectivity index (χ4n) is 4.05. The van der Waals surface area contributed by atoms with E-state index in [9.17, 15) is 19.5 Å². The number of benzene rings is 2. The van der Waals surface area contributed by atoms with E-state index in [0.29, 0.717) is 0 Å². The predicted octanol–water partition coefficient (Wildman–Crippen LogP) is 4.05. The van der Waals surface area contributed by atoms with E-state index in [-0.39, 0.29) is 19.1 Å². The zero-order valence-corrected chi connectivity index (χ0v) is 18.9. The number of carbonyl (C=O) groups is 3. The lowest BCUT2D eigenvalue weighted by Gasteiger charge is -2.18. The molecule has 170 valence electrons. The van der Waals surface area contributed by atoms with E-state index < -0.39 is 30.4 Å². The molecule has 0 radical (unpaired) electrons. The fraction of sp³-hybridized carbons (Fsp3) is 0.240. The molecular weight excluding hydrogens is 440 g/mol. The van der Waals surface area contributed by atoms with Crippen molar-refractivity contribution in [3.63, 3.8) is 0 Å². The summed E-state index contributed by atoms with van der Waals surface area (Å²) in [5.74, 6) is -1.89. The number of carboxylic acids is 1. The Balaban J connectivity index is 1.38. The molecule has 7 nitrogen and oxygen atoms in total. The summed E-state index contributed by atoms with van der Waals surface area (Å²) >= 11 is 1.50. The van der Waals surface area contributed by atoms with E-state index in [1.54, 1.807) is 0 Å². The topological polar surface area (TPSA) is 105 Å². The summed E-state index contributed by atoms with van der Waals surface area (Å²) in [5, 5.41) is 16.2. The molecule has 1 heterocycles. The third kappa shape index (κ3) is 5.23. The fourth-order valence-corrected chi connectivity index (χ4v) is 4.86. The summed E-state index contributed by atoms with van der Waals surface area (Å²) < 4.78 is 5.45. The van der Waals surface area contributed by atoms with Crippen molar-refractivity contribution in [1.82, 2.24) is 10.6 Å². The predicted molar refractivity (Wildman–Crippen MR) is 125 cm³/mol. The van der Waals surface area contributed by atoms with Gasteiger partial charge in [-0.15, -0.1) is 11.3 Å². The molecule has 2 aromatic carbocycles. The number of amides is 2. The molecule has 3 aromatic rings. The van der Waals surface area contributed by atoms with Gasteiger partial charge in [0, 0.05) is 10.8 Å². The molecule has 1 unspecified atom stereocenters. The number of carbonyl (C=O) groups excluding carboxylic acids is 2. The maximum Gasteiger partial charge on any atom is 0.407 e. The van der Waals surface area contributed by atoms with Crippen LogP contribution in [0.3, 0.4) is 0 Å². The molecular formula is C25H24N2O5S. The Morgan fingerprint density at radius 1 is 1.06 bits per heavy atom. The van der Waals surface area contributed by atoms with Crippen molar-refractivity contribution in [3.05, 3.63) is 81.5 Å². The van der Waals surface area contributed by atoms with Gasteiger partial charge in [-0.2, -0.15) is 0 Å². The van der Waals surface area contributed by atoms with Crippen LogP contribution < -0.4 is 10.6 Å². The summed E-state index contributed by atoms with van der Waals surface area (Å²) in [4.78, 5) is 37.2. The van der Waals surface area contributed by atoms with Crippen LogP contribution in [0, 0.1) is 6.92 Å². The first-order chi connectivity index (χ1) is 15.9. The summed E-state index contributed by atoms with van der Waals surface area (Å²) in [6.07, 6.45) is -1.37. The van der Waals surface area contributed by atoms with Crippen molar-refractivity contribution in [2.45, 2.75) is 31.8 Å². The second-order valence-electron chi connectivity index (χ2n) is 7.93. The van der Waals surface area contributed by atoms with E-state index in [1.165, 1.54) is 11.3 Å². The van der Waals surface area contributed by atoms with Gasteiger partial charge in [0.1, 0.15) is 12.6 Å². The molecule has 0 fully saturated rings. The highest BCUT2D eigenvalue weighted by Gasteiger charge is 2.30. The zero-order chi connectivity index (χ0) is 23.4. The van der Waals surface area contributed by atoms with Crippen LogP contribution in [0.2, 0.25) is 0 Å². The standard InChI is InChI=1S/C25H24N2O5S/c1-15-10-16(33-14-15)12-26-24(30)22(11-23(28)29)27-25(31)32-13-21-19-8-4-2-6-17(19)18-7-3-5-9-20(18)21/h2-10,14,21-22H,11-13H2,1H3,(H,26,30)(H,27,31)(H,28,29). The van der Waals surface area contributed by atoms with Gasteiger partial charge in [-0.1, -0.05) is 48.5 Å². The van der Waals surface area contributed by atoms with Crippen LogP contribution in [0.4, 0.5) is 4.79 Å². The first-order valence-corrected chi connectivity index (χ1v) is 11.5. The van der Waals surface area contributed by atoms with Gasteiger partial charge in [-0.25, -0.2) is 4.79 Å². The van der Waals surface area contributed by atoms with E-state index in [1.807, 2.05) is 66.9 Å². The number of rotatable bonds is 8. The quantitative estimate of drug-likeness (QED) is 0.466. The SMILES string of the molecule is Cc1csc(CNC(=O)C(CC(=O)O)NC(=O)OCC2c3ccccc3-c3ccccc32)c1. The van der Waals surface area contributed by atoms with E-state index in [0.717, 1.165) is 32.7 Å². The number of ether oxygens (including phenoxy) is 1. The van der Waals surface area contributed by atoms with Crippen LogP contribution in [0.15, 0.2) is 60.0 Å². The summed E-state index contributed by atoms with van der Waals surface area (Å²) in [5.41, 5.74) is 5.43. The van der Waals surface area contributed by atoms with Gasteiger partial charge in [0.05, 0.1) is 13.0 Å². The van der Waals surface area contributed by atoms with E-state index in [2.05, 4.69) is 10.6 Å². The minimum Gasteiger partial charge on any atom is -0.481 e. The highest BCUT2D eigenvalue weighted by Crippen LogP contribution is 2.44. The molecule has 4 rings (SSSR count). The molecule has 8 heteroatoms. The maximum atomic E-state index is 12.5. The van der Waals surface area contributed by atoms with Gasteiger partial charge in [-0.05, 0) is 46.2 Å². The molecule has 1 aromatic heterocycles. The number of aliphatic carboxylic acids is 1. The average molecular weight is 465 g/mol.